The van der Waals surface area contributed by atoms with Crippen LogP contribution in [0.5, 0.6) is 5.75 Å². The highest BCUT2D eigenvalue weighted by molar-refractivity contribution is 6.32. The van der Waals surface area contributed by atoms with Crippen molar-refractivity contribution in [3.8, 4) is 5.75 Å². The summed E-state index contributed by atoms with van der Waals surface area (Å²) in [6.45, 7) is 2.30. The second-order valence-electron chi connectivity index (χ2n) is 8.27. The molecule has 1 amide bonds. The summed E-state index contributed by atoms with van der Waals surface area (Å²) in [6, 6.07) is 14.8. The van der Waals surface area contributed by atoms with E-state index < -0.39 is 0 Å². The minimum atomic E-state index is 0.0524. The van der Waals surface area contributed by atoms with E-state index in [1.165, 1.54) is 43.4 Å². The number of hydrogen-bond acceptors (Lipinski definition) is 3. The van der Waals surface area contributed by atoms with Gasteiger partial charge in [0.2, 0.25) is 5.91 Å². The Morgan fingerprint density at radius 3 is 2.66 bits per heavy atom. The maximum atomic E-state index is 12.4. The number of amides is 1. The van der Waals surface area contributed by atoms with Crippen LogP contribution in [-0.4, -0.2) is 37.0 Å². The summed E-state index contributed by atoms with van der Waals surface area (Å²) in [4.78, 5) is 15.1. The molecule has 1 N–H and O–H groups in total. The molecule has 0 bridgehead atoms. The predicted octanol–water partition coefficient (Wildman–Crippen LogP) is 4.95. The topological polar surface area (TPSA) is 41.6 Å². The molecule has 4 nitrogen and oxygen atoms in total. The van der Waals surface area contributed by atoms with Crippen LogP contribution in [0.25, 0.3) is 0 Å². The smallest absolute Gasteiger partial charge is 0.224 e. The average molecular weight is 413 g/mol. The van der Waals surface area contributed by atoms with Crippen LogP contribution in [0, 0.1) is 5.92 Å². The van der Waals surface area contributed by atoms with Crippen molar-refractivity contribution in [2.75, 3.05) is 25.5 Å². The maximum absolute atomic E-state index is 12.4. The molecule has 1 atom stereocenters. The van der Waals surface area contributed by atoms with Gasteiger partial charge in [-0.1, -0.05) is 35.9 Å². The third kappa shape index (κ3) is 4.93. The first kappa shape index (κ1) is 20.2. The first-order valence-corrected chi connectivity index (χ1v) is 10.9. The minimum Gasteiger partial charge on any atom is -0.495 e. The molecule has 1 aliphatic carbocycles. The van der Waals surface area contributed by atoms with Crippen molar-refractivity contribution in [1.29, 1.82) is 0 Å². The van der Waals surface area contributed by atoms with Gasteiger partial charge >= 0.3 is 0 Å². The highest BCUT2D eigenvalue weighted by Crippen LogP contribution is 2.30. The molecule has 2 aromatic carbocycles. The van der Waals surface area contributed by atoms with Crippen molar-refractivity contribution < 1.29 is 9.53 Å². The van der Waals surface area contributed by atoms with Crippen molar-refractivity contribution in [3.05, 3.63) is 58.6 Å². The molecule has 1 aliphatic heterocycles. The molecular formula is C24H29ClN2O2. The van der Waals surface area contributed by atoms with E-state index in [4.69, 9.17) is 16.3 Å². The van der Waals surface area contributed by atoms with E-state index in [9.17, 15) is 4.79 Å². The Bertz CT molecular complexity index is 845. The Kier molecular flexibility index (Phi) is 6.41. The van der Waals surface area contributed by atoms with Crippen molar-refractivity contribution in [2.24, 2.45) is 5.92 Å². The van der Waals surface area contributed by atoms with Gasteiger partial charge in [-0.25, -0.2) is 0 Å². The molecule has 5 heteroatoms. The summed E-state index contributed by atoms with van der Waals surface area (Å²) in [5.74, 6) is 1.26. The molecular weight excluding hydrogens is 384 g/mol. The molecule has 0 spiro atoms. The third-order valence-electron chi connectivity index (χ3n) is 6.31. The van der Waals surface area contributed by atoms with E-state index in [1.807, 2.05) is 6.07 Å². The van der Waals surface area contributed by atoms with E-state index in [-0.39, 0.29) is 5.91 Å². The Morgan fingerprint density at radius 1 is 1.21 bits per heavy atom. The quantitative estimate of drug-likeness (QED) is 0.730. The fraction of sp³-hybridized carbons (Fsp3) is 0.458. The van der Waals surface area contributed by atoms with Crippen LogP contribution in [0.15, 0.2) is 42.5 Å². The lowest BCUT2D eigenvalue weighted by Crippen LogP contribution is -2.43. The monoisotopic (exact) mass is 412 g/mol. The number of nitrogens with one attached hydrogen (secondary N) is 1. The minimum absolute atomic E-state index is 0.0524. The van der Waals surface area contributed by atoms with Crippen LogP contribution in [0.2, 0.25) is 5.02 Å². The van der Waals surface area contributed by atoms with Crippen LogP contribution in [0.1, 0.15) is 36.8 Å². The summed E-state index contributed by atoms with van der Waals surface area (Å²) in [5, 5.41) is 3.46. The normalized spacial score (nSPS) is 19.7. The van der Waals surface area contributed by atoms with Gasteiger partial charge in [-0.05, 0) is 73.9 Å². The van der Waals surface area contributed by atoms with Gasteiger partial charge in [0.25, 0.3) is 0 Å². The van der Waals surface area contributed by atoms with Gasteiger partial charge in [-0.2, -0.15) is 0 Å². The van der Waals surface area contributed by atoms with Crippen LogP contribution in [0.4, 0.5) is 5.69 Å². The highest BCUT2D eigenvalue weighted by atomic mass is 35.5. The Morgan fingerprint density at radius 2 is 1.97 bits per heavy atom. The number of hydrogen-bond donors (Lipinski definition) is 1. The number of anilines is 1. The standard InChI is InChI=1S/C24H29ClN2O2/c1-29-23-10-9-20(15-22(23)25)26-24(28)11-8-17-5-4-12-27(16-17)21-13-18-6-2-3-7-19(18)14-21/h2-3,6-7,9-10,15,17,21H,4-5,8,11-14,16H2,1H3,(H,26,28)/t17-/m0/s1. The number of carbonyl (C=O) groups is 1. The second kappa shape index (κ2) is 9.19. The van der Waals surface area contributed by atoms with Crippen LogP contribution >= 0.6 is 11.6 Å². The van der Waals surface area contributed by atoms with Crippen molar-refractivity contribution in [3.63, 3.8) is 0 Å². The van der Waals surface area contributed by atoms with E-state index in [0.717, 1.165) is 18.7 Å². The van der Waals surface area contributed by atoms with Gasteiger partial charge in [-0.15, -0.1) is 0 Å². The number of halogens is 1. The van der Waals surface area contributed by atoms with Crippen molar-refractivity contribution in [1.82, 2.24) is 4.90 Å². The van der Waals surface area contributed by atoms with E-state index >= 15 is 0 Å². The molecule has 154 valence electrons. The number of ether oxygens (including phenoxy) is 1. The van der Waals surface area contributed by atoms with E-state index in [1.54, 1.807) is 19.2 Å². The first-order valence-electron chi connectivity index (χ1n) is 10.6. The molecule has 1 saturated heterocycles. The van der Waals surface area contributed by atoms with Gasteiger partial charge < -0.3 is 10.1 Å². The van der Waals surface area contributed by atoms with Crippen LogP contribution in [0.3, 0.4) is 0 Å². The molecule has 29 heavy (non-hydrogen) atoms. The number of carbonyl (C=O) groups excluding carboxylic acids is 1. The summed E-state index contributed by atoms with van der Waals surface area (Å²) in [5.41, 5.74) is 3.74. The highest BCUT2D eigenvalue weighted by Gasteiger charge is 2.30. The lowest BCUT2D eigenvalue weighted by atomic mass is 9.92. The van der Waals surface area contributed by atoms with Crippen LogP contribution < -0.4 is 10.1 Å². The third-order valence-corrected chi connectivity index (χ3v) is 6.61. The average Bonchev–Trinajstić information content (AvgIpc) is 3.17. The van der Waals surface area contributed by atoms with Crippen LogP contribution in [-0.2, 0) is 17.6 Å². The number of nitrogens with zero attached hydrogens (tertiary/aromatic N) is 1. The molecule has 0 unspecified atom stereocenters. The Balaban J connectivity index is 1.26. The molecule has 2 aliphatic rings. The molecule has 1 fully saturated rings. The number of fused-ring (bicyclic) bond motifs is 1. The van der Waals surface area contributed by atoms with Crippen molar-refractivity contribution >= 4 is 23.2 Å². The number of piperidine rings is 1. The number of rotatable bonds is 6. The fourth-order valence-electron chi connectivity index (χ4n) is 4.76. The lowest BCUT2D eigenvalue weighted by molar-refractivity contribution is -0.116. The Labute approximate surface area is 178 Å². The molecule has 4 rings (SSSR count). The zero-order valence-electron chi connectivity index (χ0n) is 17.0. The summed E-state index contributed by atoms with van der Waals surface area (Å²) in [6.07, 6.45) is 6.27. The van der Waals surface area contributed by atoms with Gasteiger partial charge in [0.15, 0.2) is 0 Å². The van der Waals surface area contributed by atoms with Gasteiger partial charge in [0.05, 0.1) is 12.1 Å². The summed E-state index contributed by atoms with van der Waals surface area (Å²) >= 11 is 6.14. The van der Waals surface area contributed by atoms with Crippen molar-refractivity contribution in [2.45, 2.75) is 44.6 Å². The predicted molar refractivity (Wildman–Crippen MR) is 118 cm³/mol. The summed E-state index contributed by atoms with van der Waals surface area (Å²) < 4.78 is 5.16. The molecule has 0 radical (unpaired) electrons. The second-order valence-corrected chi connectivity index (χ2v) is 8.68. The largest absolute Gasteiger partial charge is 0.495 e. The van der Waals surface area contributed by atoms with Gasteiger partial charge in [-0.3, -0.25) is 9.69 Å². The Hall–Kier alpha value is -2.04. The number of likely N-dealkylation sites (tertiary alicyclic amines) is 1. The summed E-state index contributed by atoms with van der Waals surface area (Å²) in [7, 11) is 1.58. The fourth-order valence-corrected chi connectivity index (χ4v) is 5.02. The number of benzene rings is 2. The van der Waals surface area contributed by atoms with E-state index in [0.29, 0.717) is 29.2 Å². The molecule has 1 heterocycles. The molecule has 0 saturated carbocycles. The van der Waals surface area contributed by atoms with E-state index in [2.05, 4.69) is 34.5 Å². The first-order chi connectivity index (χ1) is 14.1. The maximum Gasteiger partial charge on any atom is 0.224 e. The van der Waals surface area contributed by atoms with Gasteiger partial charge in [0.1, 0.15) is 5.75 Å². The SMILES string of the molecule is COc1ccc(NC(=O)CC[C@@H]2CCCN(C3Cc4ccccc4C3)C2)cc1Cl. The lowest BCUT2D eigenvalue weighted by Gasteiger charge is -2.36. The molecule has 0 aromatic heterocycles. The zero-order chi connectivity index (χ0) is 20.2. The molecule has 2 aromatic rings. The number of methoxy groups -OCH3 is 1. The zero-order valence-corrected chi connectivity index (χ0v) is 17.8. The van der Waals surface area contributed by atoms with Gasteiger partial charge in [0, 0.05) is 24.7 Å².